The summed E-state index contributed by atoms with van der Waals surface area (Å²) < 4.78 is 10.4. The van der Waals surface area contributed by atoms with E-state index >= 15 is 0 Å². The first kappa shape index (κ1) is 14.3. The van der Waals surface area contributed by atoms with Crippen LogP contribution in [0.5, 0.6) is 11.5 Å². The number of benzene rings is 1. The van der Waals surface area contributed by atoms with Crippen molar-refractivity contribution in [2.75, 3.05) is 27.8 Å². The maximum absolute atomic E-state index is 10.9. The van der Waals surface area contributed by atoms with Crippen molar-refractivity contribution in [3.63, 3.8) is 0 Å². The van der Waals surface area contributed by atoms with Crippen molar-refractivity contribution in [2.24, 2.45) is 0 Å². The molecule has 0 fully saturated rings. The molecule has 0 aliphatic carbocycles. The Morgan fingerprint density at radius 3 is 2.33 bits per heavy atom. The highest BCUT2D eigenvalue weighted by molar-refractivity contribution is 5.82. The smallest absolute Gasteiger partial charge is 0.153 e. The summed E-state index contributed by atoms with van der Waals surface area (Å²) in [7, 11) is 5.04. The fourth-order valence-corrected chi connectivity index (χ4v) is 1.61. The van der Waals surface area contributed by atoms with Gasteiger partial charge in [-0.3, -0.25) is 4.79 Å². The molecule has 0 bridgehead atoms. The SMILES string of the molecule is CNCCC=Cc1cc(OC)c(C=O)cc1OC. The van der Waals surface area contributed by atoms with E-state index < -0.39 is 0 Å². The number of hydrogen-bond acceptors (Lipinski definition) is 4. The van der Waals surface area contributed by atoms with Crippen molar-refractivity contribution in [1.82, 2.24) is 5.32 Å². The number of rotatable bonds is 7. The van der Waals surface area contributed by atoms with Gasteiger partial charge in [0.1, 0.15) is 11.5 Å². The fraction of sp³-hybridized carbons (Fsp3) is 0.357. The molecule has 4 nitrogen and oxygen atoms in total. The lowest BCUT2D eigenvalue weighted by atomic mass is 10.1. The Hall–Kier alpha value is -1.81. The first-order chi connectivity index (χ1) is 8.76. The van der Waals surface area contributed by atoms with Crippen LogP contribution in [0.15, 0.2) is 18.2 Å². The van der Waals surface area contributed by atoms with E-state index in [0.29, 0.717) is 17.1 Å². The zero-order chi connectivity index (χ0) is 13.4. The van der Waals surface area contributed by atoms with Gasteiger partial charge in [-0.1, -0.05) is 12.2 Å². The number of hydrogen-bond donors (Lipinski definition) is 1. The molecule has 0 radical (unpaired) electrons. The molecule has 0 amide bonds. The van der Waals surface area contributed by atoms with Gasteiger partial charge >= 0.3 is 0 Å². The molecule has 0 atom stereocenters. The highest BCUT2D eigenvalue weighted by Crippen LogP contribution is 2.28. The van der Waals surface area contributed by atoms with E-state index in [1.165, 1.54) is 0 Å². The Bertz CT molecular complexity index is 427. The normalized spacial score (nSPS) is 10.6. The van der Waals surface area contributed by atoms with Crippen molar-refractivity contribution in [1.29, 1.82) is 0 Å². The second kappa shape index (κ2) is 7.50. The van der Waals surface area contributed by atoms with Crippen LogP contribution in [-0.2, 0) is 0 Å². The van der Waals surface area contributed by atoms with Gasteiger partial charge in [0.15, 0.2) is 6.29 Å². The number of carbonyl (C=O) groups is 1. The summed E-state index contributed by atoms with van der Waals surface area (Å²) in [5, 5.41) is 3.07. The largest absolute Gasteiger partial charge is 0.496 e. The quantitative estimate of drug-likeness (QED) is 0.594. The third-order valence-electron chi connectivity index (χ3n) is 2.57. The maximum atomic E-state index is 10.9. The van der Waals surface area contributed by atoms with Crippen LogP contribution in [0.4, 0.5) is 0 Å². The summed E-state index contributed by atoms with van der Waals surface area (Å²) in [4.78, 5) is 10.9. The molecule has 1 rings (SSSR count). The molecule has 1 aromatic carbocycles. The van der Waals surface area contributed by atoms with Gasteiger partial charge in [0.2, 0.25) is 0 Å². The van der Waals surface area contributed by atoms with Crippen molar-refractivity contribution >= 4 is 12.4 Å². The van der Waals surface area contributed by atoms with Gasteiger partial charge in [-0.25, -0.2) is 0 Å². The second-order valence-corrected chi connectivity index (χ2v) is 3.75. The van der Waals surface area contributed by atoms with E-state index in [2.05, 4.69) is 5.32 Å². The van der Waals surface area contributed by atoms with Gasteiger partial charge in [-0.05, 0) is 32.1 Å². The van der Waals surface area contributed by atoms with Gasteiger partial charge in [-0.2, -0.15) is 0 Å². The minimum absolute atomic E-state index is 0.488. The van der Waals surface area contributed by atoms with Gasteiger partial charge in [0.05, 0.1) is 19.8 Å². The summed E-state index contributed by atoms with van der Waals surface area (Å²) in [5.74, 6) is 1.22. The Labute approximate surface area is 108 Å². The molecule has 0 saturated heterocycles. The average Bonchev–Trinajstić information content (AvgIpc) is 2.42. The number of methoxy groups -OCH3 is 2. The molecule has 18 heavy (non-hydrogen) atoms. The lowest BCUT2D eigenvalue weighted by Crippen LogP contribution is -2.05. The van der Waals surface area contributed by atoms with E-state index in [1.807, 2.05) is 19.2 Å². The molecule has 0 saturated carbocycles. The van der Waals surface area contributed by atoms with Crippen LogP contribution >= 0.6 is 0 Å². The highest BCUT2D eigenvalue weighted by atomic mass is 16.5. The Morgan fingerprint density at radius 2 is 1.78 bits per heavy atom. The van der Waals surface area contributed by atoms with Crippen LogP contribution in [0.3, 0.4) is 0 Å². The summed E-state index contributed by atoms with van der Waals surface area (Å²) in [6.45, 7) is 0.919. The zero-order valence-electron chi connectivity index (χ0n) is 11.0. The van der Waals surface area contributed by atoms with Crippen LogP contribution in [0.1, 0.15) is 22.3 Å². The predicted molar refractivity (Wildman–Crippen MR) is 72.5 cm³/mol. The Kier molecular flexibility index (Phi) is 5.94. The van der Waals surface area contributed by atoms with Crippen molar-refractivity contribution in [2.45, 2.75) is 6.42 Å². The highest BCUT2D eigenvalue weighted by Gasteiger charge is 2.08. The number of ether oxygens (including phenoxy) is 2. The molecule has 0 aliphatic rings. The summed E-state index contributed by atoms with van der Waals surface area (Å²) in [5.41, 5.74) is 1.39. The van der Waals surface area contributed by atoms with Crippen LogP contribution in [0.25, 0.3) is 6.08 Å². The maximum Gasteiger partial charge on any atom is 0.153 e. The lowest BCUT2D eigenvalue weighted by molar-refractivity contribution is 0.112. The van der Waals surface area contributed by atoms with E-state index in [-0.39, 0.29) is 0 Å². The molecular formula is C14H19NO3. The van der Waals surface area contributed by atoms with E-state index in [1.54, 1.807) is 26.4 Å². The minimum atomic E-state index is 0.488. The lowest BCUT2D eigenvalue weighted by Gasteiger charge is -2.09. The fourth-order valence-electron chi connectivity index (χ4n) is 1.61. The number of nitrogens with one attached hydrogen (secondary N) is 1. The topological polar surface area (TPSA) is 47.6 Å². The summed E-state index contributed by atoms with van der Waals surface area (Å²) in [6.07, 6.45) is 5.70. The van der Waals surface area contributed by atoms with Crippen molar-refractivity contribution < 1.29 is 14.3 Å². The molecule has 0 aromatic heterocycles. The van der Waals surface area contributed by atoms with E-state index in [4.69, 9.17) is 9.47 Å². The van der Waals surface area contributed by atoms with Gasteiger partial charge < -0.3 is 14.8 Å². The van der Waals surface area contributed by atoms with E-state index in [9.17, 15) is 4.79 Å². The van der Waals surface area contributed by atoms with Crippen molar-refractivity contribution in [3.05, 3.63) is 29.3 Å². The van der Waals surface area contributed by atoms with Crippen LogP contribution in [-0.4, -0.2) is 34.1 Å². The monoisotopic (exact) mass is 249 g/mol. The Balaban J connectivity index is 3.01. The molecule has 4 heteroatoms. The minimum Gasteiger partial charge on any atom is -0.496 e. The number of carbonyl (C=O) groups excluding carboxylic acids is 1. The standard InChI is InChI=1S/C14H19NO3/c1-15-7-5-4-6-11-8-14(18-3)12(10-16)9-13(11)17-2/h4,6,8-10,15H,5,7H2,1-3H3. The molecular weight excluding hydrogens is 230 g/mol. The van der Waals surface area contributed by atoms with Gasteiger partial charge in [0.25, 0.3) is 0 Å². The van der Waals surface area contributed by atoms with Crippen LogP contribution in [0, 0.1) is 0 Å². The van der Waals surface area contributed by atoms with Gasteiger partial charge in [-0.15, -0.1) is 0 Å². The summed E-state index contributed by atoms with van der Waals surface area (Å²) in [6, 6.07) is 3.49. The van der Waals surface area contributed by atoms with Gasteiger partial charge in [0, 0.05) is 5.56 Å². The predicted octanol–water partition coefficient (Wildman–Crippen LogP) is 2.14. The average molecular weight is 249 g/mol. The van der Waals surface area contributed by atoms with Crippen molar-refractivity contribution in [3.8, 4) is 11.5 Å². The summed E-state index contributed by atoms with van der Waals surface area (Å²) >= 11 is 0. The number of aldehydes is 1. The first-order valence-electron chi connectivity index (χ1n) is 5.79. The Morgan fingerprint density at radius 1 is 1.17 bits per heavy atom. The first-order valence-corrected chi connectivity index (χ1v) is 5.79. The molecule has 0 unspecified atom stereocenters. The molecule has 0 spiro atoms. The molecule has 0 aliphatic heterocycles. The molecule has 1 aromatic rings. The molecule has 98 valence electrons. The van der Waals surface area contributed by atoms with E-state index in [0.717, 1.165) is 24.8 Å². The zero-order valence-corrected chi connectivity index (χ0v) is 11.0. The molecule has 1 N–H and O–H groups in total. The third kappa shape index (κ3) is 3.60. The van der Waals surface area contributed by atoms with Crippen LogP contribution < -0.4 is 14.8 Å². The second-order valence-electron chi connectivity index (χ2n) is 3.75. The van der Waals surface area contributed by atoms with Crippen LogP contribution in [0.2, 0.25) is 0 Å². The third-order valence-corrected chi connectivity index (χ3v) is 2.57. The molecule has 0 heterocycles.